The van der Waals surface area contributed by atoms with E-state index >= 15 is 0 Å². The molecule has 1 aliphatic heterocycles. The van der Waals surface area contributed by atoms with Crippen molar-refractivity contribution < 1.29 is 14.6 Å². The highest BCUT2D eigenvalue weighted by atomic mass is 16.5. The van der Waals surface area contributed by atoms with E-state index in [1.54, 1.807) is 11.9 Å². The van der Waals surface area contributed by atoms with Crippen LogP contribution in [0.15, 0.2) is 24.3 Å². The van der Waals surface area contributed by atoms with Gasteiger partial charge < -0.3 is 14.7 Å². The molecule has 1 aliphatic rings. The summed E-state index contributed by atoms with van der Waals surface area (Å²) < 4.78 is 5.26. The van der Waals surface area contributed by atoms with Gasteiger partial charge in [0.1, 0.15) is 0 Å². The molecule has 4 heteroatoms. The van der Waals surface area contributed by atoms with Gasteiger partial charge in [-0.15, -0.1) is 0 Å². The first-order valence-electron chi connectivity index (χ1n) is 7.57. The zero-order chi connectivity index (χ0) is 15.5. The Morgan fingerprint density at radius 2 is 1.86 bits per heavy atom. The Hall–Kier alpha value is -1.39. The van der Waals surface area contributed by atoms with Crippen LogP contribution in [0.25, 0.3) is 0 Å². The molecular weight excluding hydrogens is 266 g/mol. The predicted octanol–water partition coefficient (Wildman–Crippen LogP) is 2.42. The lowest BCUT2D eigenvalue weighted by molar-refractivity contribution is -0.0734. The number of hydrogen-bond donors (Lipinski definition) is 1. The van der Waals surface area contributed by atoms with Crippen LogP contribution >= 0.6 is 0 Å². The summed E-state index contributed by atoms with van der Waals surface area (Å²) in [5.41, 5.74) is 1.07. The van der Waals surface area contributed by atoms with Gasteiger partial charge in [-0.2, -0.15) is 0 Å². The van der Waals surface area contributed by atoms with Gasteiger partial charge in [0.2, 0.25) is 0 Å². The van der Waals surface area contributed by atoms with Gasteiger partial charge in [0.05, 0.1) is 5.60 Å². The van der Waals surface area contributed by atoms with Crippen molar-refractivity contribution in [2.45, 2.75) is 38.2 Å². The predicted molar refractivity (Wildman–Crippen MR) is 82.5 cm³/mol. The fourth-order valence-electron chi connectivity index (χ4n) is 2.65. The van der Waals surface area contributed by atoms with E-state index in [0.29, 0.717) is 44.1 Å². The maximum Gasteiger partial charge on any atom is 0.253 e. The number of hydrogen-bond acceptors (Lipinski definition) is 3. The summed E-state index contributed by atoms with van der Waals surface area (Å²) in [5.74, 6) is 0.403. The highest BCUT2D eigenvalue weighted by molar-refractivity contribution is 5.94. The van der Waals surface area contributed by atoms with Gasteiger partial charge in [0.15, 0.2) is 0 Å². The summed E-state index contributed by atoms with van der Waals surface area (Å²) in [5, 5.41) is 10.5. The molecule has 0 unspecified atom stereocenters. The zero-order valence-corrected chi connectivity index (χ0v) is 13.1. The molecule has 0 aliphatic carbocycles. The van der Waals surface area contributed by atoms with Gasteiger partial charge in [-0.1, -0.05) is 26.0 Å². The van der Waals surface area contributed by atoms with E-state index in [9.17, 15) is 9.90 Å². The number of benzene rings is 1. The minimum Gasteiger partial charge on any atom is -0.388 e. The summed E-state index contributed by atoms with van der Waals surface area (Å²) in [6.07, 6.45) is 1.16. The van der Waals surface area contributed by atoms with Crippen LogP contribution in [0.5, 0.6) is 0 Å². The number of nitrogens with zero attached hydrogens (tertiary/aromatic N) is 1. The number of likely N-dealkylation sites (N-methyl/N-ethyl adjacent to an activating group) is 1. The average Bonchev–Trinajstić information content (AvgIpc) is 2.46. The highest BCUT2D eigenvalue weighted by Gasteiger charge is 2.32. The molecule has 1 heterocycles. The van der Waals surface area contributed by atoms with Crippen molar-refractivity contribution in [1.82, 2.24) is 4.90 Å². The van der Waals surface area contributed by atoms with Crippen molar-refractivity contribution in [2.75, 3.05) is 26.8 Å². The Labute approximate surface area is 126 Å². The normalized spacial score (nSPS) is 17.8. The van der Waals surface area contributed by atoms with Crippen molar-refractivity contribution >= 4 is 5.91 Å². The second-order valence-corrected chi connectivity index (χ2v) is 6.27. The number of rotatable bonds is 4. The van der Waals surface area contributed by atoms with Crippen LogP contribution in [0.1, 0.15) is 48.5 Å². The quantitative estimate of drug-likeness (QED) is 0.927. The number of carbonyl (C=O) groups is 1. The van der Waals surface area contributed by atoms with Crippen molar-refractivity contribution in [2.24, 2.45) is 0 Å². The van der Waals surface area contributed by atoms with Crippen LogP contribution in [-0.4, -0.2) is 48.3 Å². The lowest BCUT2D eigenvalue weighted by Crippen LogP contribution is -2.47. The number of carbonyl (C=O) groups excluding carboxylic acids is 1. The SMILES string of the molecule is CC(C)c1ccc(C(=O)N(C)CC2(O)CCOCC2)cc1. The topological polar surface area (TPSA) is 49.8 Å². The molecule has 116 valence electrons. The van der Waals surface area contributed by atoms with Gasteiger partial charge in [-0.3, -0.25) is 4.79 Å². The second-order valence-electron chi connectivity index (χ2n) is 6.27. The fourth-order valence-corrected chi connectivity index (χ4v) is 2.65. The maximum atomic E-state index is 12.4. The van der Waals surface area contributed by atoms with E-state index in [1.807, 2.05) is 24.3 Å². The average molecular weight is 291 g/mol. The largest absolute Gasteiger partial charge is 0.388 e. The Kier molecular flexibility index (Phi) is 5.01. The summed E-state index contributed by atoms with van der Waals surface area (Å²) in [4.78, 5) is 14.0. The molecule has 1 aromatic carbocycles. The molecule has 1 N–H and O–H groups in total. The summed E-state index contributed by atoms with van der Waals surface area (Å²) in [7, 11) is 1.74. The molecule has 0 radical (unpaired) electrons. The van der Waals surface area contributed by atoms with Crippen LogP contribution in [0.4, 0.5) is 0 Å². The van der Waals surface area contributed by atoms with E-state index in [2.05, 4.69) is 13.8 Å². The molecule has 21 heavy (non-hydrogen) atoms. The van der Waals surface area contributed by atoms with E-state index < -0.39 is 5.60 Å². The smallest absolute Gasteiger partial charge is 0.253 e. The van der Waals surface area contributed by atoms with E-state index in [0.717, 1.165) is 0 Å². The first-order valence-corrected chi connectivity index (χ1v) is 7.57. The lowest BCUT2D eigenvalue weighted by Gasteiger charge is -2.35. The van der Waals surface area contributed by atoms with E-state index in [-0.39, 0.29) is 5.91 Å². The number of amides is 1. The second kappa shape index (κ2) is 6.58. The molecule has 1 amide bonds. The summed E-state index contributed by atoms with van der Waals surface area (Å²) in [6.45, 7) is 5.72. The third-order valence-corrected chi connectivity index (χ3v) is 4.13. The zero-order valence-electron chi connectivity index (χ0n) is 13.1. The summed E-state index contributed by atoms with van der Waals surface area (Å²) in [6, 6.07) is 7.72. The highest BCUT2D eigenvalue weighted by Crippen LogP contribution is 2.22. The Bertz CT molecular complexity index is 475. The van der Waals surface area contributed by atoms with Gasteiger partial charge >= 0.3 is 0 Å². The number of aliphatic hydroxyl groups is 1. The van der Waals surface area contributed by atoms with Gasteiger partial charge in [-0.25, -0.2) is 0 Å². The third kappa shape index (κ3) is 4.05. The van der Waals surface area contributed by atoms with Crippen LogP contribution in [0, 0.1) is 0 Å². The van der Waals surface area contributed by atoms with Gasteiger partial charge in [0.25, 0.3) is 5.91 Å². The minimum atomic E-state index is -0.819. The van der Waals surface area contributed by atoms with Crippen LogP contribution < -0.4 is 0 Å². The first-order chi connectivity index (χ1) is 9.91. The van der Waals surface area contributed by atoms with Crippen molar-refractivity contribution in [1.29, 1.82) is 0 Å². The fraction of sp³-hybridized carbons (Fsp3) is 0.588. The van der Waals surface area contributed by atoms with Crippen molar-refractivity contribution in [3.63, 3.8) is 0 Å². The Morgan fingerprint density at radius 3 is 2.38 bits per heavy atom. The molecule has 2 rings (SSSR count). The molecule has 4 nitrogen and oxygen atoms in total. The van der Waals surface area contributed by atoms with Crippen LogP contribution in [-0.2, 0) is 4.74 Å². The summed E-state index contributed by atoms with van der Waals surface area (Å²) >= 11 is 0. The molecule has 1 saturated heterocycles. The van der Waals surface area contributed by atoms with Crippen molar-refractivity contribution in [3.05, 3.63) is 35.4 Å². The molecule has 1 aromatic rings. The third-order valence-electron chi connectivity index (χ3n) is 4.13. The van der Waals surface area contributed by atoms with Crippen LogP contribution in [0.3, 0.4) is 0 Å². The molecule has 0 saturated carbocycles. The van der Waals surface area contributed by atoms with Crippen molar-refractivity contribution in [3.8, 4) is 0 Å². The van der Waals surface area contributed by atoms with E-state index in [1.165, 1.54) is 5.56 Å². The first kappa shape index (κ1) is 16.0. The minimum absolute atomic E-state index is 0.0507. The molecular formula is C17H25NO3. The Morgan fingerprint density at radius 1 is 1.29 bits per heavy atom. The number of ether oxygens (including phenoxy) is 1. The van der Waals surface area contributed by atoms with Gasteiger partial charge in [0, 0.05) is 45.2 Å². The van der Waals surface area contributed by atoms with Crippen LogP contribution in [0.2, 0.25) is 0 Å². The maximum absolute atomic E-state index is 12.4. The molecule has 0 atom stereocenters. The molecule has 1 fully saturated rings. The lowest BCUT2D eigenvalue weighted by atomic mass is 9.93. The Balaban J connectivity index is 2.01. The molecule has 0 bridgehead atoms. The molecule has 0 spiro atoms. The molecule has 0 aromatic heterocycles. The monoisotopic (exact) mass is 291 g/mol. The standard InChI is InChI=1S/C17H25NO3/c1-13(2)14-4-6-15(7-5-14)16(19)18(3)12-17(20)8-10-21-11-9-17/h4-7,13,20H,8-12H2,1-3H3. The van der Waals surface area contributed by atoms with E-state index in [4.69, 9.17) is 4.74 Å². The van der Waals surface area contributed by atoms with Gasteiger partial charge in [-0.05, 0) is 23.6 Å².